The molecular weight excluding hydrogens is 598 g/mol. The second-order valence-electron chi connectivity index (χ2n) is 7.03. The van der Waals surface area contributed by atoms with Crippen molar-refractivity contribution in [1.29, 1.82) is 5.26 Å². The molecule has 0 spiro atoms. The molecule has 0 aliphatic heterocycles. The van der Waals surface area contributed by atoms with Gasteiger partial charge < -0.3 is 14.8 Å². The number of rotatable bonds is 8. The lowest BCUT2D eigenvalue weighted by molar-refractivity contribution is -0.112. The minimum Gasteiger partial charge on any atom is -0.490 e. The number of carbonyl (C=O) groups excluding carboxylic acids is 1. The predicted octanol–water partition coefficient (Wildman–Crippen LogP) is 8.59. The van der Waals surface area contributed by atoms with Crippen LogP contribution in [-0.2, 0) is 11.4 Å². The van der Waals surface area contributed by atoms with E-state index in [9.17, 15) is 10.1 Å². The Morgan fingerprint density at radius 3 is 2.51 bits per heavy atom. The Hall–Kier alpha value is -2.40. The molecule has 0 fully saturated rings. The quantitative estimate of drug-likeness (QED) is 0.204. The zero-order chi connectivity index (χ0) is 25.5. The Kier molecular flexibility index (Phi) is 9.73. The number of ether oxygens (including phenoxy) is 2. The van der Waals surface area contributed by atoms with Crippen molar-refractivity contribution in [2.24, 2.45) is 0 Å². The van der Waals surface area contributed by atoms with E-state index in [1.807, 2.05) is 19.1 Å². The molecular formula is C25H17BrCl4N2O3. The highest BCUT2D eigenvalue weighted by Gasteiger charge is 2.16. The molecule has 35 heavy (non-hydrogen) atoms. The van der Waals surface area contributed by atoms with Gasteiger partial charge in [0.2, 0.25) is 0 Å². The molecule has 3 rings (SSSR count). The van der Waals surface area contributed by atoms with E-state index in [0.29, 0.717) is 43.9 Å². The van der Waals surface area contributed by atoms with Gasteiger partial charge in [-0.3, -0.25) is 4.79 Å². The lowest BCUT2D eigenvalue weighted by atomic mass is 10.1. The highest BCUT2D eigenvalue weighted by Crippen LogP contribution is 2.38. The number of benzene rings is 3. The van der Waals surface area contributed by atoms with Gasteiger partial charge in [-0.15, -0.1) is 0 Å². The molecule has 0 saturated heterocycles. The van der Waals surface area contributed by atoms with Gasteiger partial charge >= 0.3 is 0 Å². The Labute approximate surface area is 231 Å². The summed E-state index contributed by atoms with van der Waals surface area (Å²) in [5, 5.41) is 13.5. The largest absolute Gasteiger partial charge is 0.490 e. The first-order chi connectivity index (χ1) is 16.7. The van der Waals surface area contributed by atoms with Crippen molar-refractivity contribution in [3.63, 3.8) is 0 Å². The summed E-state index contributed by atoms with van der Waals surface area (Å²) in [4.78, 5) is 12.7. The van der Waals surface area contributed by atoms with Crippen LogP contribution in [0.25, 0.3) is 6.08 Å². The van der Waals surface area contributed by atoms with Crippen molar-refractivity contribution in [3.8, 4) is 17.6 Å². The minimum absolute atomic E-state index is 0.139. The number of anilines is 1. The molecule has 1 N–H and O–H groups in total. The number of halogens is 5. The Balaban J connectivity index is 1.86. The van der Waals surface area contributed by atoms with Crippen LogP contribution in [0.5, 0.6) is 11.5 Å². The van der Waals surface area contributed by atoms with E-state index in [2.05, 4.69) is 21.2 Å². The van der Waals surface area contributed by atoms with Gasteiger partial charge in [-0.05, 0) is 76.5 Å². The van der Waals surface area contributed by atoms with Gasteiger partial charge in [0.1, 0.15) is 18.2 Å². The van der Waals surface area contributed by atoms with Crippen molar-refractivity contribution < 1.29 is 14.3 Å². The molecule has 0 aliphatic carbocycles. The molecule has 0 saturated carbocycles. The van der Waals surface area contributed by atoms with Crippen LogP contribution in [0.1, 0.15) is 18.1 Å². The van der Waals surface area contributed by atoms with Crippen LogP contribution in [-0.4, -0.2) is 12.5 Å². The first kappa shape index (κ1) is 27.2. The average Bonchev–Trinajstić information content (AvgIpc) is 2.82. The smallest absolute Gasteiger partial charge is 0.266 e. The van der Waals surface area contributed by atoms with E-state index in [1.54, 1.807) is 42.5 Å². The van der Waals surface area contributed by atoms with Crippen molar-refractivity contribution in [2.45, 2.75) is 13.5 Å². The highest BCUT2D eigenvalue weighted by molar-refractivity contribution is 9.10. The molecule has 0 atom stereocenters. The molecule has 0 bridgehead atoms. The van der Waals surface area contributed by atoms with Crippen LogP contribution in [0.15, 0.2) is 58.6 Å². The van der Waals surface area contributed by atoms with Crippen molar-refractivity contribution in [3.05, 3.63) is 89.8 Å². The summed E-state index contributed by atoms with van der Waals surface area (Å²) < 4.78 is 12.3. The summed E-state index contributed by atoms with van der Waals surface area (Å²) in [7, 11) is 0. The third kappa shape index (κ3) is 7.07. The zero-order valence-electron chi connectivity index (χ0n) is 18.2. The van der Waals surface area contributed by atoms with E-state index in [4.69, 9.17) is 55.9 Å². The first-order valence-electron chi connectivity index (χ1n) is 10.1. The second-order valence-corrected chi connectivity index (χ2v) is 9.48. The molecule has 10 heteroatoms. The van der Waals surface area contributed by atoms with Crippen molar-refractivity contribution in [1.82, 2.24) is 0 Å². The summed E-state index contributed by atoms with van der Waals surface area (Å²) in [6.45, 7) is 2.43. The molecule has 5 nitrogen and oxygen atoms in total. The number of hydrogen-bond donors (Lipinski definition) is 1. The van der Waals surface area contributed by atoms with E-state index in [-0.39, 0.29) is 22.2 Å². The van der Waals surface area contributed by atoms with Crippen LogP contribution < -0.4 is 14.8 Å². The van der Waals surface area contributed by atoms with Crippen LogP contribution in [0.3, 0.4) is 0 Å². The van der Waals surface area contributed by atoms with E-state index >= 15 is 0 Å². The standard InChI is InChI=1S/C25H17BrCl4N2O3/c1-2-34-22-11-15(8-16(12-31)25(33)32-21-5-3-4-19(28)23(21)30)9-17(26)24(22)35-13-14-6-7-18(27)20(29)10-14/h3-11H,2,13H2,1H3,(H,32,33)/b16-8-. The van der Waals surface area contributed by atoms with E-state index < -0.39 is 5.91 Å². The maximum Gasteiger partial charge on any atom is 0.266 e. The van der Waals surface area contributed by atoms with Gasteiger partial charge in [-0.1, -0.05) is 58.5 Å². The molecule has 0 heterocycles. The summed E-state index contributed by atoms with van der Waals surface area (Å²) in [6, 6.07) is 15.3. The number of carbonyl (C=O) groups is 1. The topological polar surface area (TPSA) is 71.3 Å². The maximum absolute atomic E-state index is 12.7. The fourth-order valence-electron chi connectivity index (χ4n) is 2.96. The fourth-order valence-corrected chi connectivity index (χ4v) is 4.21. The molecule has 3 aromatic rings. The summed E-state index contributed by atoms with van der Waals surface area (Å²) >= 11 is 27.7. The number of nitrogens with one attached hydrogen (secondary N) is 1. The Bertz CT molecular complexity index is 1340. The predicted molar refractivity (Wildman–Crippen MR) is 145 cm³/mol. The maximum atomic E-state index is 12.7. The molecule has 3 aromatic carbocycles. The van der Waals surface area contributed by atoms with Gasteiger partial charge in [0.25, 0.3) is 5.91 Å². The van der Waals surface area contributed by atoms with Gasteiger partial charge in [-0.2, -0.15) is 5.26 Å². The molecule has 0 radical (unpaired) electrons. The van der Waals surface area contributed by atoms with Crippen LogP contribution in [0, 0.1) is 11.3 Å². The van der Waals surface area contributed by atoms with Gasteiger partial charge in [0.15, 0.2) is 11.5 Å². The van der Waals surface area contributed by atoms with Gasteiger partial charge in [0.05, 0.1) is 36.9 Å². The number of nitriles is 1. The molecule has 0 unspecified atom stereocenters. The van der Waals surface area contributed by atoms with Crippen LogP contribution in [0.2, 0.25) is 20.1 Å². The molecule has 180 valence electrons. The summed E-state index contributed by atoms with van der Waals surface area (Å²) in [5.74, 6) is 0.262. The molecule has 0 aromatic heterocycles. The van der Waals surface area contributed by atoms with E-state index in [0.717, 1.165) is 5.56 Å². The number of amides is 1. The van der Waals surface area contributed by atoms with Crippen molar-refractivity contribution in [2.75, 3.05) is 11.9 Å². The molecule has 0 aliphatic rings. The third-order valence-corrected chi connectivity index (χ3v) is 6.72. The lowest BCUT2D eigenvalue weighted by Gasteiger charge is -2.15. The van der Waals surface area contributed by atoms with Gasteiger partial charge in [0, 0.05) is 0 Å². The van der Waals surface area contributed by atoms with E-state index in [1.165, 1.54) is 6.08 Å². The minimum atomic E-state index is -0.634. The highest BCUT2D eigenvalue weighted by atomic mass is 79.9. The SMILES string of the molecule is CCOc1cc(/C=C(/C#N)C(=O)Nc2cccc(Cl)c2Cl)cc(Br)c1OCc1ccc(Cl)c(Cl)c1. The summed E-state index contributed by atoms with van der Waals surface area (Å²) in [6.07, 6.45) is 1.43. The molecule has 1 amide bonds. The second kappa shape index (κ2) is 12.5. The monoisotopic (exact) mass is 612 g/mol. The average molecular weight is 615 g/mol. The third-order valence-electron chi connectivity index (χ3n) is 4.57. The lowest BCUT2D eigenvalue weighted by Crippen LogP contribution is -2.13. The fraction of sp³-hybridized carbons (Fsp3) is 0.120. The van der Waals surface area contributed by atoms with Crippen LogP contribution in [0.4, 0.5) is 5.69 Å². The first-order valence-corrected chi connectivity index (χ1v) is 12.4. The summed E-state index contributed by atoms with van der Waals surface area (Å²) in [5.41, 5.74) is 1.53. The van der Waals surface area contributed by atoms with Crippen molar-refractivity contribution >= 4 is 80.0 Å². The van der Waals surface area contributed by atoms with Crippen LogP contribution >= 0.6 is 62.3 Å². The Morgan fingerprint density at radius 2 is 1.83 bits per heavy atom. The number of nitrogens with zero attached hydrogens (tertiary/aromatic N) is 1. The van der Waals surface area contributed by atoms with Gasteiger partial charge in [-0.25, -0.2) is 0 Å². The number of hydrogen-bond acceptors (Lipinski definition) is 4. The normalized spacial score (nSPS) is 11.1. The zero-order valence-corrected chi connectivity index (χ0v) is 22.8. The Morgan fingerprint density at radius 1 is 1.06 bits per heavy atom.